The number of nitriles is 1. The first-order chi connectivity index (χ1) is 9.22. The van der Waals surface area contributed by atoms with Gasteiger partial charge in [-0.3, -0.25) is 0 Å². The first-order valence-electron chi connectivity index (χ1n) is 6.08. The molecule has 0 aliphatic carbocycles. The van der Waals surface area contributed by atoms with Crippen LogP contribution in [0.25, 0.3) is 0 Å². The first kappa shape index (κ1) is 13.6. The van der Waals surface area contributed by atoms with E-state index in [-0.39, 0.29) is 6.04 Å². The molecule has 0 aliphatic heterocycles. The van der Waals surface area contributed by atoms with Crippen molar-refractivity contribution in [2.24, 2.45) is 0 Å². The normalized spacial score (nSPS) is 11.8. The number of nitrogens with one attached hydrogen (secondary N) is 1. The monoisotopic (exact) mass is 272 g/mol. The van der Waals surface area contributed by atoms with E-state index in [1.807, 2.05) is 29.6 Å². The average molecular weight is 272 g/mol. The Morgan fingerprint density at radius 2 is 2.26 bits per heavy atom. The summed E-state index contributed by atoms with van der Waals surface area (Å²) in [6, 6.07) is 12.4. The van der Waals surface area contributed by atoms with Crippen LogP contribution in [0.3, 0.4) is 0 Å². The fourth-order valence-electron chi connectivity index (χ4n) is 1.81. The Balaban J connectivity index is 1.97. The Morgan fingerprint density at radius 1 is 1.42 bits per heavy atom. The zero-order valence-corrected chi connectivity index (χ0v) is 11.8. The molecule has 0 spiro atoms. The molecule has 0 radical (unpaired) electrons. The maximum absolute atomic E-state index is 8.79. The third kappa shape index (κ3) is 3.57. The molecule has 19 heavy (non-hydrogen) atoms. The first-order valence-corrected chi connectivity index (χ1v) is 6.95. The van der Waals surface area contributed by atoms with Crippen molar-refractivity contribution in [3.63, 3.8) is 0 Å². The average Bonchev–Trinajstić information content (AvgIpc) is 2.93. The van der Waals surface area contributed by atoms with E-state index in [1.165, 1.54) is 10.4 Å². The fourth-order valence-corrected chi connectivity index (χ4v) is 2.58. The molecule has 0 saturated heterocycles. The molecule has 2 rings (SSSR count). The lowest BCUT2D eigenvalue weighted by atomic mass is 10.1. The number of ether oxygens (including phenoxy) is 1. The minimum atomic E-state index is 0.239. The number of thiophene rings is 1. The van der Waals surface area contributed by atoms with Gasteiger partial charge in [0.1, 0.15) is 11.8 Å². The van der Waals surface area contributed by atoms with Gasteiger partial charge in [-0.15, -0.1) is 11.3 Å². The zero-order chi connectivity index (χ0) is 13.7. The third-order valence-corrected chi connectivity index (χ3v) is 3.90. The van der Waals surface area contributed by atoms with Crippen molar-refractivity contribution in [2.45, 2.75) is 19.5 Å². The minimum Gasteiger partial charge on any atom is -0.497 e. The highest BCUT2D eigenvalue weighted by Gasteiger charge is 2.07. The summed E-state index contributed by atoms with van der Waals surface area (Å²) in [6.07, 6.45) is 0. The minimum absolute atomic E-state index is 0.239. The van der Waals surface area contributed by atoms with Gasteiger partial charge in [0.15, 0.2) is 0 Å². The topological polar surface area (TPSA) is 45.0 Å². The second-order valence-corrected chi connectivity index (χ2v) is 5.29. The standard InChI is InChI=1S/C15H16N2OS/c1-11(13-4-3-5-14(7-13)18-2)17-9-15-6-12(8-16)10-19-15/h3-7,10-11,17H,9H2,1-2H3. The Labute approximate surface area is 117 Å². The summed E-state index contributed by atoms with van der Waals surface area (Å²) in [4.78, 5) is 1.17. The van der Waals surface area contributed by atoms with Gasteiger partial charge in [0.05, 0.1) is 12.7 Å². The Hall–Kier alpha value is -1.83. The molecular formula is C15H16N2OS. The molecule has 0 bridgehead atoms. The summed E-state index contributed by atoms with van der Waals surface area (Å²) >= 11 is 1.61. The van der Waals surface area contributed by atoms with E-state index in [0.717, 1.165) is 17.9 Å². The van der Waals surface area contributed by atoms with Crippen LogP contribution in [-0.2, 0) is 6.54 Å². The van der Waals surface area contributed by atoms with E-state index in [1.54, 1.807) is 18.4 Å². The summed E-state index contributed by atoms with van der Waals surface area (Å²) in [6.45, 7) is 2.89. The van der Waals surface area contributed by atoms with E-state index >= 15 is 0 Å². The number of benzene rings is 1. The highest BCUT2D eigenvalue weighted by atomic mass is 32.1. The largest absolute Gasteiger partial charge is 0.497 e. The molecule has 4 heteroatoms. The smallest absolute Gasteiger partial charge is 0.119 e. The molecule has 1 heterocycles. The zero-order valence-electron chi connectivity index (χ0n) is 11.0. The van der Waals surface area contributed by atoms with E-state index in [0.29, 0.717) is 0 Å². The molecule has 1 unspecified atom stereocenters. The van der Waals surface area contributed by atoms with Crippen molar-refractivity contribution in [1.82, 2.24) is 5.32 Å². The van der Waals surface area contributed by atoms with E-state index < -0.39 is 0 Å². The van der Waals surface area contributed by atoms with Gasteiger partial charge in [-0.25, -0.2) is 0 Å². The molecule has 98 valence electrons. The third-order valence-electron chi connectivity index (χ3n) is 2.96. The number of hydrogen-bond acceptors (Lipinski definition) is 4. The number of nitrogens with zero attached hydrogens (tertiary/aromatic N) is 1. The van der Waals surface area contributed by atoms with Crippen molar-refractivity contribution in [2.75, 3.05) is 7.11 Å². The number of methoxy groups -OCH3 is 1. The maximum atomic E-state index is 8.79. The van der Waals surface area contributed by atoms with Crippen LogP contribution in [0.15, 0.2) is 35.7 Å². The fraction of sp³-hybridized carbons (Fsp3) is 0.267. The highest BCUT2D eigenvalue weighted by molar-refractivity contribution is 7.10. The quantitative estimate of drug-likeness (QED) is 0.906. The summed E-state index contributed by atoms with van der Waals surface area (Å²) in [5.74, 6) is 0.869. The Kier molecular flexibility index (Phi) is 4.56. The van der Waals surface area contributed by atoms with Crippen LogP contribution < -0.4 is 10.1 Å². The molecule has 0 fully saturated rings. The van der Waals surface area contributed by atoms with E-state index in [2.05, 4.69) is 24.4 Å². The summed E-state index contributed by atoms with van der Waals surface area (Å²) < 4.78 is 5.22. The van der Waals surface area contributed by atoms with Gasteiger partial charge in [0.25, 0.3) is 0 Å². The van der Waals surface area contributed by atoms with Crippen LogP contribution in [0.4, 0.5) is 0 Å². The second-order valence-electron chi connectivity index (χ2n) is 4.29. The summed E-state index contributed by atoms with van der Waals surface area (Å²) in [5, 5.41) is 14.1. The number of rotatable bonds is 5. The van der Waals surface area contributed by atoms with E-state index in [9.17, 15) is 0 Å². The lowest BCUT2D eigenvalue weighted by Gasteiger charge is -2.14. The van der Waals surface area contributed by atoms with Crippen LogP contribution in [0.1, 0.15) is 29.0 Å². The van der Waals surface area contributed by atoms with Crippen LogP contribution in [0.5, 0.6) is 5.75 Å². The van der Waals surface area contributed by atoms with Gasteiger partial charge in [-0.2, -0.15) is 5.26 Å². The van der Waals surface area contributed by atoms with Crippen molar-refractivity contribution < 1.29 is 4.74 Å². The molecule has 1 N–H and O–H groups in total. The molecule has 0 amide bonds. The van der Waals surface area contributed by atoms with Crippen molar-refractivity contribution in [1.29, 1.82) is 5.26 Å². The van der Waals surface area contributed by atoms with Crippen LogP contribution in [0.2, 0.25) is 0 Å². The SMILES string of the molecule is COc1cccc(C(C)NCc2cc(C#N)cs2)c1. The van der Waals surface area contributed by atoms with Gasteiger partial charge >= 0.3 is 0 Å². The van der Waals surface area contributed by atoms with Crippen LogP contribution in [0, 0.1) is 11.3 Å². The Bertz CT molecular complexity index is 586. The van der Waals surface area contributed by atoms with Crippen molar-refractivity contribution in [3.05, 3.63) is 51.7 Å². The highest BCUT2D eigenvalue weighted by Crippen LogP contribution is 2.20. The predicted octanol–water partition coefficient (Wildman–Crippen LogP) is 3.48. The maximum Gasteiger partial charge on any atom is 0.119 e. The van der Waals surface area contributed by atoms with Crippen molar-refractivity contribution >= 4 is 11.3 Å². The molecule has 0 saturated carbocycles. The van der Waals surface area contributed by atoms with Gasteiger partial charge in [0.2, 0.25) is 0 Å². The molecule has 2 aromatic rings. The lowest BCUT2D eigenvalue weighted by molar-refractivity contribution is 0.413. The summed E-state index contributed by atoms with van der Waals surface area (Å²) in [5.41, 5.74) is 1.92. The van der Waals surface area contributed by atoms with Crippen LogP contribution >= 0.6 is 11.3 Å². The second kappa shape index (κ2) is 6.37. The van der Waals surface area contributed by atoms with Crippen molar-refractivity contribution in [3.8, 4) is 11.8 Å². The molecule has 0 aliphatic rings. The molecule has 1 aromatic carbocycles. The number of hydrogen-bond donors (Lipinski definition) is 1. The van der Waals surface area contributed by atoms with Gasteiger partial charge in [0, 0.05) is 22.8 Å². The Morgan fingerprint density at radius 3 is 2.95 bits per heavy atom. The van der Waals surface area contributed by atoms with E-state index in [4.69, 9.17) is 10.00 Å². The van der Waals surface area contributed by atoms with Crippen LogP contribution in [-0.4, -0.2) is 7.11 Å². The summed E-state index contributed by atoms with van der Waals surface area (Å²) in [7, 11) is 1.67. The van der Waals surface area contributed by atoms with Gasteiger partial charge < -0.3 is 10.1 Å². The van der Waals surface area contributed by atoms with Gasteiger partial charge in [-0.1, -0.05) is 12.1 Å². The molecule has 1 atom stereocenters. The molecular weight excluding hydrogens is 256 g/mol. The van der Waals surface area contributed by atoms with Gasteiger partial charge in [-0.05, 0) is 30.7 Å². The molecule has 3 nitrogen and oxygen atoms in total. The predicted molar refractivity (Wildman–Crippen MR) is 77.3 cm³/mol. The molecule has 1 aromatic heterocycles. The lowest BCUT2D eigenvalue weighted by Crippen LogP contribution is -2.17.